The summed E-state index contributed by atoms with van der Waals surface area (Å²) in [5.74, 6) is -0.406. The van der Waals surface area contributed by atoms with Crippen molar-refractivity contribution in [2.75, 3.05) is 36.4 Å². The van der Waals surface area contributed by atoms with Crippen molar-refractivity contribution < 1.29 is 4.79 Å². The highest BCUT2D eigenvalue weighted by molar-refractivity contribution is 6.04. The van der Waals surface area contributed by atoms with E-state index < -0.39 is 11.5 Å². The predicted octanol–water partition coefficient (Wildman–Crippen LogP) is 1.04. The Labute approximate surface area is 128 Å². The summed E-state index contributed by atoms with van der Waals surface area (Å²) in [6.45, 7) is 3.92. The first-order chi connectivity index (χ1) is 10.7. The molecule has 2 heterocycles. The quantitative estimate of drug-likeness (QED) is 0.791. The molecule has 1 aromatic heterocycles. The van der Waals surface area contributed by atoms with Gasteiger partial charge in [0.1, 0.15) is 5.56 Å². The number of hydrogen-bond donors (Lipinski definition) is 3. The van der Waals surface area contributed by atoms with E-state index in [1.165, 1.54) is 12.3 Å². The fraction of sp³-hybridized carbons (Fsp3) is 0.250. The predicted molar refractivity (Wildman–Crippen MR) is 86.5 cm³/mol. The molecular weight excluding hydrogens is 280 g/mol. The lowest BCUT2D eigenvalue weighted by Crippen LogP contribution is -2.43. The molecular formula is C16H18N4O2. The molecule has 0 saturated carbocycles. The third-order valence-corrected chi connectivity index (χ3v) is 3.67. The Balaban J connectivity index is 1.69. The molecule has 0 spiro atoms. The molecule has 1 amide bonds. The van der Waals surface area contributed by atoms with Crippen LogP contribution in [0.2, 0.25) is 0 Å². The summed E-state index contributed by atoms with van der Waals surface area (Å²) < 4.78 is 0. The van der Waals surface area contributed by atoms with Crippen LogP contribution in [-0.4, -0.2) is 37.1 Å². The second-order valence-corrected chi connectivity index (χ2v) is 5.15. The van der Waals surface area contributed by atoms with E-state index in [9.17, 15) is 9.59 Å². The molecule has 1 saturated heterocycles. The van der Waals surface area contributed by atoms with Crippen molar-refractivity contribution in [2.24, 2.45) is 0 Å². The zero-order valence-corrected chi connectivity index (χ0v) is 12.1. The summed E-state index contributed by atoms with van der Waals surface area (Å²) in [5, 5.41) is 6.05. The van der Waals surface area contributed by atoms with Gasteiger partial charge in [-0.2, -0.15) is 0 Å². The van der Waals surface area contributed by atoms with Gasteiger partial charge < -0.3 is 20.5 Å². The molecule has 22 heavy (non-hydrogen) atoms. The second-order valence-electron chi connectivity index (χ2n) is 5.15. The molecule has 0 radical (unpaired) electrons. The fourth-order valence-electron chi connectivity index (χ4n) is 2.48. The van der Waals surface area contributed by atoms with Gasteiger partial charge in [0.15, 0.2) is 0 Å². The number of pyridine rings is 1. The molecule has 3 rings (SSSR count). The number of rotatable bonds is 3. The maximum atomic E-state index is 12.1. The van der Waals surface area contributed by atoms with E-state index in [0.29, 0.717) is 5.69 Å². The van der Waals surface area contributed by atoms with Gasteiger partial charge in [0.05, 0.1) is 0 Å². The van der Waals surface area contributed by atoms with E-state index in [2.05, 4.69) is 20.5 Å². The zero-order chi connectivity index (χ0) is 15.4. The van der Waals surface area contributed by atoms with Crippen LogP contribution in [0, 0.1) is 0 Å². The second kappa shape index (κ2) is 6.44. The topological polar surface area (TPSA) is 77.2 Å². The molecule has 1 aliphatic rings. The maximum absolute atomic E-state index is 12.1. The molecule has 0 aliphatic carbocycles. The van der Waals surface area contributed by atoms with Crippen molar-refractivity contribution in [3.63, 3.8) is 0 Å². The molecule has 2 aromatic rings. The number of aromatic nitrogens is 1. The van der Waals surface area contributed by atoms with Crippen molar-refractivity contribution in [1.29, 1.82) is 0 Å². The Morgan fingerprint density at radius 1 is 1.09 bits per heavy atom. The number of aromatic amines is 1. The largest absolute Gasteiger partial charge is 0.369 e. The highest BCUT2D eigenvalue weighted by Crippen LogP contribution is 2.18. The molecule has 3 N–H and O–H groups in total. The fourth-order valence-corrected chi connectivity index (χ4v) is 2.48. The van der Waals surface area contributed by atoms with E-state index in [4.69, 9.17) is 0 Å². The van der Waals surface area contributed by atoms with E-state index in [1.807, 2.05) is 24.3 Å². The van der Waals surface area contributed by atoms with Crippen LogP contribution in [0.25, 0.3) is 0 Å². The van der Waals surface area contributed by atoms with Crippen LogP contribution in [0.15, 0.2) is 47.4 Å². The Morgan fingerprint density at radius 2 is 1.82 bits per heavy atom. The van der Waals surface area contributed by atoms with Crippen molar-refractivity contribution in [1.82, 2.24) is 10.3 Å². The number of piperazine rings is 1. The number of nitrogens with one attached hydrogen (secondary N) is 3. The van der Waals surface area contributed by atoms with Crippen molar-refractivity contribution in [2.45, 2.75) is 0 Å². The number of amides is 1. The van der Waals surface area contributed by atoms with E-state index >= 15 is 0 Å². The minimum Gasteiger partial charge on any atom is -0.369 e. The Morgan fingerprint density at radius 3 is 2.50 bits per heavy atom. The smallest absolute Gasteiger partial charge is 0.261 e. The lowest BCUT2D eigenvalue weighted by Gasteiger charge is -2.29. The Hall–Kier alpha value is -2.60. The minimum atomic E-state index is -0.406. The molecule has 0 unspecified atom stereocenters. The first-order valence-electron chi connectivity index (χ1n) is 7.29. The third kappa shape index (κ3) is 3.17. The maximum Gasteiger partial charge on any atom is 0.261 e. The van der Waals surface area contributed by atoms with Gasteiger partial charge in [0, 0.05) is 43.8 Å². The first kappa shape index (κ1) is 14.3. The van der Waals surface area contributed by atoms with Crippen LogP contribution in [-0.2, 0) is 0 Å². The Bertz CT molecular complexity index is 703. The minimum absolute atomic E-state index is 0.105. The molecule has 0 bridgehead atoms. The van der Waals surface area contributed by atoms with Gasteiger partial charge in [0.25, 0.3) is 11.5 Å². The number of H-pyrrole nitrogens is 1. The van der Waals surface area contributed by atoms with Gasteiger partial charge in [-0.25, -0.2) is 0 Å². The number of nitrogens with zero attached hydrogens (tertiary/aromatic N) is 1. The summed E-state index contributed by atoms with van der Waals surface area (Å²) in [5.41, 5.74) is 1.52. The molecule has 1 aliphatic heterocycles. The van der Waals surface area contributed by atoms with Gasteiger partial charge >= 0.3 is 0 Å². The van der Waals surface area contributed by atoms with Crippen molar-refractivity contribution in [3.8, 4) is 0 Å². The van der Waals surface area contributed by atoms with E-state index in [0.717, 1.165) is 31.9 Å². The summed E-state index contributed by atoms with van der Waals surface area (Å²) in [4.78, 5) is 28.4. The zero-order valence-electron chi connectivity index (χ0n) is 12.1. The lowest BCUT2D eigenvalue weighted by molar-refractivity contribution is 0.102. The summed E-state index contributed by atoms with van der Waals surface area (Å²) in [6, 6.07) is 10.8. The van der Waals surface area contributed by atoms with Crippen molar-refractivity contribution >= 4 is 17.3 Å². The van der Waals surface area contributed by atoms with Crippen LogP contribution >= 0.6 is 0 Å². The number of hydrogen-bond acceptors (Lipinski definition) is 4. The summed E-state index contributed by atoms with van der Waals surface area (Å²) in [7, 11) is 0. The van der Waals surface area contributed by atoms with Gasteiger partial charge in [0.2, 0.25) is 0 Å². The number of carbonyl (C=O) groups is 1. The van der Waals surface area contributed by atoms with E-state index in [1.54, 1.807) is 6.07 Å². The molecule has 114 valence electrons. The van der Waals surface area contributed by atoms with Crippen LogP contribution in [0.1, 0.15) is 10.4 Å². The number of carbonyl (C=O) groups excluding carboxylic acids is 1. The van der Waals surface area contributed by atoms with E-state index in [-0.39, 0.29) is 5.56 Å². The molecule has 6 heteroatoms. The van der Waals surface area contributed by atoms with Crippen molar-refractivity contribution in [3.05, 3.63) is 58.5 Å². The molecule has 1 fully saturated rings. The van der Waals surface area contributed by atoms with Gasteiger partial charge in [-0.1, -0.05) is 0 Å². The SMILES string of the molecule is O=C(Nc1ccc(N2CCNCC2)cc1)c1ccc[nH]c1=O. The molecule has 1 aromatic carbocycles. The average Bonchev–Trinajstić information content (AvgIpc) is 2.57. The Kier molecular flexibility index (Phi) is 4.20. The van der Waals surface area contributed by atoms with Gasteiger partial charge in [-0.15, -0.1) is 0 Å². The monoisotopic (exact) mass is 298 g/mol. The highest BCUT2D eigenvalue weighted by atomic mass is 16.2. The van der Waals surface area contributed by atoms with Crippen LogP contribution in [0.3, 0.4) is 0 Å². The number of anilines is 2. The van der Waals surface area contributed by atoms with Crippen LogP contribution in [0.5, 0.6) is 0 Å². The standard InChI is InChI=1S/C16H18N4O2/c21-15-14(2-1-7-18-15)16(22)19-12-3-5-13(6-4-12)20-10-8-17-9-11-20/h1-7,17H,8-11H2,(H,18,21)(H,19,22). The normalized spacial score (nSPS) is 14.6. The number of benzene rings is 1. The molecule has 0 atom stereocenters. The van der Waals surface area contributed by atoms with Crippen LogP contribution in [0.4, 0.5) is 11.4 Å². The average molecular weight is 298 g/mol. The third-order valence-electron chi connectivity index (χ3n) is 3.67. The highest BCUT2D eigenvalue weighted by Gasteiger charge is 2.12. The summed E-state index contributed by atoms with van der Waals surface area (Å²) in [6.07, 6.45) is 1.50. The van der Waals surface area contributed by atoms with Gasteiger partial charge in [-0.05, 0) is 36.4 Å². The van der Waals surface area contributed by atoms with Gasteiger partial charge in [-0.3, -0.25) is 9.59 Å². The first-order valence-corrected chi connectivity index (χ1v) is 7.29. The molecule has 6 nitrogen and oxygen atoms in total. The lowest BCUT2D eigenvalue weighted by atomic mass is 10.2. The summed E-state index contributed by atoms with van der Waals surface area (Å²) >= 11 is 0. The van der Waals surface area contributed by atoms with Crippen LogP contribution < -0.4 is 21.1 Å².